The smallest absolute Gasteiger partial charge is 0.123 e. The molecule has 66 valence electrons. The molecule has 0 spiro atoms. The highest BCUT2D eigenvalue weighted by Crippen LogP contribution is 2.19. The number of rotatable bonds is 2. The molecule has 0 aromatic heterocycles. The minimum absolute atomic E-state index is 0.354. The Morgan fingerprint density at radius 3 is 2.25 bits per heavy atom. The lowest BCUT2D eigenvalue weighted by Crippen LogP contribution is -2.25. The van der Waals surface area contributed by atoms with Crippen LogP contribution in [0.2, 0.25) is 0 Å². The van der Waals surface area contributed by atoms with Crippen LogP contribution in [-0.2, 0) is 5.60 Å². The molecule has 0 saturated heterocycles. The number of halogens is 1. The van der Waals surface area contributed by atoms with Crippen LogP contribution in [0.3, 0.4) is 0 Å². The minimum atomic E-state index is -1.28. The average molecular weight is 170 g/mol. The van der Waals surface area contributed by atoms with Crippen molar-refractivity contribution in [3.05, 3.63) is 35.6 Å². The highest BCUT2D eigenvalue weighted by atomic mass is 19.1. The van der Waals surface area contributed by atoms with Gasteiger partial charge in [-0.3, -0.25) is 0 Å². The Balaban J connectivity index is 2.96. The summed E-state index contributed by atoms with van der Waals surface area (Å²) in [5.41, 5.74) is -0.778. The molecular weight excluding hydrogens is 159 g/mol. The highest BCUT2D eigenvalue weighted by Gasteiger charge is 2.21. The second-order valence-corrected chi connectivity index (χ2v) is 2.94. The zero-order valence-electron chi connectivity index (χ0n) is 6.79. The molecule has 0 radical (unpaired) electrons. The Kier molecular flexibility index (Phi) is 2.45. The van der Waals surface area contributed by atoms with E-state index >= 15 is 0 Å². The Morgan fingerprint density at radius 2 is 1.83 bits per heavy atom. The number of benzene rings is 1. The summed E-state index contributed by atoms with van der Waals surface area (Å²) >= 11 is 0. The van der Waals surface area contributed by atoms with Gasteiger partial charge in [0.15, 0.2) is 0 Å². The van der Waals surface area contributed by atoms with E-state index < -0.39 is 5.60 Å². The molecule has 0 saturated carbocycles. The van der Waals surface area contributed by atoms with E-state index in [4.69, 9.17) is 5.11 Å². The Hall–Kier alpha value is -0.930. The molecule has 1 aromatic carbocycles. The van der Waals surface area contributed by atoms with Gasteiger partial charge in [0, 0.05) is 0 Å². The van der Waals surface area contributed by atoms with E-state index in [-0.39, 0.29) is 12.4 Å². The Morgan fingerprint density at radius 1 is 1.33 bits per heavy atom. The molecule has 1 aromatic rings. The molecule has 0 unspecified atom stereocenters. The van der Waals surface area contributed by atoms with E-state index in [2.05, 4.69) is 0 Å². The normalized spacial score (nSPS) is 15.7. The molecule has 0 aliphatic rings. The van der Waals surface area contributed by atoms with E-state index in [0.717, 1.165) is 0 Å². The summed E-state index contributed by atoms with van der Waals surface area (Å²) in [6.07, 6.45) is 0. The third-order valence-corrected chi connectivity index (χ3v) is 1.77. The first-order valence-electron chi connectivity index (χ1n) is 3.65. The molecule has 0 aliphatic heterocycles. The number of aliphatic hydroxyl groups is 2. The van der Waals surface area contributed by atoms with Gasteiger partial charge in [0.2, 0.25) is 0 Å². The van der Waals surface area contributed by atoms with Gasteiger partial charge in [0.05, 0.1) is 6.61 Å². The second kappa shape index (κ2) is 3.21. The fraction of sp³-hybridized carbons (Fsp3) is 0.333. The quantitative estimate of drug-likeness (QED) is 0.695. The van der Waals surface area contributed by atoms with Crippen molar-refractivity contribution in [2.75, 3.05) is 6.61 Å². The number of aliphatic hydroxyl groups excluding tert-OH is 1. The van der Waals surface area contributed by atoms with E-state index in [9.17, 15) is 9.50 Å². The SMILES string of the molecule is C[C@@](O)(CO)c1ccc(F)cc1. The minimum Gasteiger partial charge on any atom is -0.393 e. The number of hydrogen-bond acceptors (Lipinski definition) is 2. The van der Waals surface area contributed by atoms with Gasteiger partial charge in [-0.25, -0.2) is 4.39 Å². The first kappa shape index (κ1) is 9.16. The summed E-state index contributed by atoms with van der Waals surface area (Å²) in [4.78, 5) is 0. The van der Waals surface area contributed by atoms with Crippen molar-refractivity contribution in [3.63, 3.8) is 0 Å². The molecule has 3 heteroatoms. The van der Waals surface area contributed by atoms with Crippen LogP contribution in [0.15, 0.2) is 24.3 Å². The summed E-state index contributed by atoms with van der Waals surface area (Å²) in [6.45, 7) is 1.10. The molecule has 1 rings (SSSR count). The Bertz CT molecular complexity index is 254. The van der Waals surface area contributed by atoms with Crippen molar-refractivity contribution in [1.82, 2.24) is 0 Å². The third-order valence-electron chi connectivity index (χ3n) is 1.77. The van der Waals surface area contributed by atoms with Gasteiger partial charge >= 0.3 is 0 Å². The summed E-state index contributed by atoms with van der Waals surface area (Å²) < 4.78 is 12.4. The standard InChI is InChI=1S/C9H11FO2/c1-9(12,6-11)7-2-4-8(10)5-3-7/h2-5,11-12H,6H2,1H3/t9-/m1/s1. The maximum atomic E-state index is 12.4. The highest BCUT2D eigenvalue weighted by molar-refractivity contribution is 5.22. The lowest BCUT2D eigenvalue weighted by molar-refractivity contribution is -0.00232. The summed E-state index contributed by atoms with van der Waals surface area (Å²) in [5, 5.41) is 18.3. The van der Waals surface area contributed by atoms with Crippen LogP contribution >= 0.6 is 0 Å². The summed E-state index contributed by atoms with van der Waals surface area (Å²) in [6, 6.07) is 5.40. The van der Waals surface area contributed by atoms with Gasteiger partial charge in [-0.2, -0.15) is 0 Å². The van der Waals surface area contributed by atoms with Gasteiger partial charge in [-0.1, -0.05) is 12.1 Å². The largest absolute Gasteiger partial charge is 0.393 e. The molecule has 0 bridgehead atoms. The molecule has 0 heterocycles. The summed E-state index contributed by atoms with van der Waals surface area (Å²) in [7, 11) is 0. The number of hydrogen-bond donors (Lipinski definition) is 2. The monoisotopic (exact) mass is 170 g/mol. The van der Waals surface area contributed by atoms with Crippen molar-refractivity contribution in [3.8, 4) is 0 Å². The molecule has 12 heavy (non-hydrogen) atoms. The predicted octanol–water partition coefficient (Wildman–Crippen LogP) is 1.03. The first-order valence-corrected chi connectivity index (χ1v) is 3.65. The second-order valence-electron chi connectivity index (χ2n) is 2.94. The van der Waals surface area contributed by atoms with Crippen LogP contribution in [-0.4, -0.2) is 16.8 Å². The topological polar surface area (TPSA) is 40.5 Å². The Labute approximate surface area is 70.3 Å². The molecule has 2 nitrogen and oxygen atoms in total. The van der Waals surface area contributed by atoms with E-state index in [1.54, 1.807) is 0 Å². The average Bonchev–Trinajstić information content (AvgIpc) is 2.05. The van der Waals surface area contributed by atoms with Crippen LogP contribution in [0, 0.1) is 5.82 Å². The lowest BCUT2D eigenvalue weighted by atomic mass is 9.97. The first-order chi connectivity index (χ1) is 5.56. The van der Waals surface area contributed by atoms with Crippen molar-refractivity contribution < 1.29 is 14.6 Å². The maximum Gasteiger partial charge on any atom is 0.123 e. The van der Waals surface area contributed by atoms with E-state index in [1.807, 2.05) is 0 Å². The van der Waals surface area contributed by atoms with Crippen LogP contribution in [0.4, 0.5) is 4.39 Å². The van der Waals surface area contributed by atoms with E-state index in [1.165, 1.54) is 31.2 Å². The fourth-order valence-corrected chi connectivity index (χ4v) is 0.900. The third kappa shape index (κ3) is 1.81. The van der Waals surface area contributed by atoms with Crippen LogP contribution < -0.4 is 0 Å². The van der Waals surface area contributed by atoms with Gasteiger partial charge in [-0.05, 0) is 24.6 Å². The van der Waals surface area contributed by atoms with Crippen LogP contribution in [0.25, 0.3) is 0 Å². The van der Waals surface area contributed by atoms with E-state index in [0.29, 0.717) is 5.56 Å². The van der Waals surface area contributed by atoms with Gasteiger partial charge in [-0.15, -0.1) is 0 Å². The molecule has 0 amide bonds. The molecule has 1 atom stereocenters. The lowest BCUT2D eigenvalue weighted by Gasteiger charge is -2.20. The molecular formula is C9H11FO2. The van der Waals surface area contributed by atoms with Crippen LogP contribution in [0.5, 0.6) is 0 Å². The molecule has 2 N–H and O–H groups in total. The molecule has 0 fully saturated rings. The van der Waals surface area contributed by atoms with Crippen LogP contribution in [0.1, 0.15) is 12.5 Å². The zero-order valence-corrected chi connectivity index (χ0v) is 6.79. The van der Waals surface area contributed by atoms with Crippen molar-refractivity contribution >= 4 is 0 Å². The zero-order chi connectivity index (χ0) is 9.19. The fourth-order valence-electron chi connectivity index (χ4n) is 0.900. The van der Waals surface area contributed by atoms with Gasteiger partial charge < -0.3 is 10.2 Å². The van der Waals surface area contributed by atoms with Crippen molar-refractivity contribution in [1.29, 1.82) is 0 Å². The van der Waals surface area contributed by atoms with Gasteiger partial charge in [0.1, 0.15) is 11.4 Å². The van der Waals surface area contributed by atoms with Crippen molar-refractivity contribution in [2.24, 2.45) is 0 Å². The summed E-state index contributed by atoms with van der Waals surface area (Å²) in [5.74, 6) is -0.354. The molecule has 0 aliphatic carbocycles. The maximum absolute atomic E-state index is 12.4. The van der Waals surface area contributed by atoms with Crippen molar-refractivity contribution in [2.45, 2.75) is 12.5 Å². The van der Waals surface area contributed by atoms with Gasteiger partial charge in [0.25, 0.3) is 0 Å². The predicted molar refractivity (Wildman–Crippen MR) is 43.1 cm³/mol.